The van der Waals surface area contributed by atoms with Crippen molar-refractivity contribution in [2.45, 2.75) is 25.3 Å². The lowest BCUT2D eigenvalue weighted by Gasteiger charge is -2.10. The van der Waals surface area contributed by atoms with Gasteiger partial charge in [0.1, 0.15) is 0 Å². The number of sulfonamides is 1. The first-order valence-corrected chi connectivity index (χ1v) is 8.39. The Hall–Kier alpha value is -2.05. The van der Waals surface area contributed by atoms with Crippen molar-refractivity contribution in [2.24, 2.45) is 0 Å². The minimum atomic E-state index is -3.54. The van der Waals surface area contributed by atoms with E-state index in [9.17, 15) is 8.42 Å². The maximum absolute atomic E-state index is 12.4. The summed E-state index contributed by atoms with van der Waals surface area (Å²) in [5, 5.41) is 0. The van der Waals surface area contributed by atoms with Crippen LogP contribution in [0.3, 0.4) is 0 Å². The fourth-order valence-corrected chi connectivity index (χ4v) is 3.65. The average molecular weight is 319 g/mol. The van der Waals surface area contributed by atoms with Crippen LogP contribution in [-0.4, -0.2) is 15.2 Å². The fraction of sp³-hybridized carbons (Fsp3) is 0.250. The van der Waals surface area contributed by atoms with Crippen LogP contribution in [0.5, 0.6) is 11.5 Å². The number of nitrogens with one attached hydrogen (secondary N) is 1. The maximum Gasteiger partial charge on any atom is 0.241 e. The van der Waals surface area contributed by atoms with Gasteiger partial charge in [-0.05, 0) is 43.2 Å². The predicted molar refractivity (Wildman–Crippen MR) is 82.5 cm³/mol. The van der Waals surface area contributed by atoms with Crippen molar-refractivity contribution in [1.29, 1.82) is 0 Å². The second-order valence-electron chi connectivity index (χ2n) is 5.28. The quantitative estimate of drug-likeness (QED) is 0.940. The van der Waals surface area contributed by atoms with Crippen molar-refractivity contribution in [2.75, 3.05) is 6.79 Å². The zero-order valence-electron chi connectivity index (χ0n) is 12.4. The van der Waals surface area contributed by atoms with Gasteiger partial charge in [0.2, 0.25) is 16.8 Å². The number of aryl methyl sites for hydroxylation is 2. The summed E-state index contributed by atoms with van der Waals surface area (Å²) in [6, 6.07) is 10.7. The Morgan fingerprint density at radius 1 is 1.05 bits per heavy atom. The summed E-state index contributed by atoms with van der Waals surface area (Å²) in [6.07, 6.45) is 0. The molecular weight excluding hydrogens is 302 g/mol. The van der Waals surface area contributed by atoms with Crippen molar-refractivity contribution in [1.82, 2.24) is 4.72 Å². The minimum absolute atomic E-state index is 0.201. The van der Waals surface area contributed by atoms with Gasteiger partial charge in [-0.3, -0.25) is 0 Å². The first kappa shape index (κ1) is 14.9. The van der Waals surface area contributed by atoms with Crippen LogP contribution in [0.1, 0.15) is 16.7 Å². The van der Waals surface area contributed by atoms with Crippen LogP contribution in [0.15, 0.2) is 41.3 Å². The molecule has 0 aliphatic carbocycles. The van der Waals surface area contributed by atoms with Gasteiger partial charge < -0.3 is 9.47 Å². The van der Waals surface area contributed by atoms with Gasteiger partial charge in [0.25, 0.3) is 0 Å². The van der Waals surface area contributed by atoms with Gasteiger partial charge >= 0.3 is 0 Å². The van der Waals surface area contributed by atoms with E-state index in [1.54, 1.807) is 31.2 Å². The van der Waals surface area contributed by atoms with E-state index in [1.165, 1.54) is 0 Å². The summed E-state index contributed by atoms with van der Waals surface area (Å²) >= 11 is 0. The lowest BCUT2D eigenvalue weighted by atomic mass is 10.2. The lowest BCUT2D eigenvalue weighted by molar-refractivity contribution is 0.174. The first-order valence-electron chi connectivity index (χ1n) is 6.91. The third kappa shape index (κ3) is 2.93. The van der Waals surface area contributed by atoms with Gasteiger partial charge in [-0.2, -0.15) is 0 Å². The third-order valence-corrected chi connectivity index (χ3v) is 5.08. The Balaban J connectivity index is 1.77. The summed E-state index contributed by atoms with van der Waals surface area (Å²) < 4.78 is 38.0. The van der Waals surface area contributed by atoms with E-state index in [2.05, 4.69) is 4.72 Å². The van der Waals surface area contributed by atoms with Gasteiger partial charge in [-0.25, -0.2) is 13.1 Å². The zero-order valence-corrected chi connectivity index (χ0v) is 13.2. The largest absolute Gasteiger partial charge is 0.454 e. The molecule has 1 aliphatic heterocycles. The highest BCUT2D eigenvalue weighted by Crippen LogP contribution is 2.32. The molecular formula is C16H17NO4S. The molecule has 2 aromatic rings. The number of benzene rings is 2. The Morgan fingerprint density at radius 3 is 2.59 bits per heavy atom. The molecule has 0 bridgehead atoms. The molecule has 0 fully saturated rings. The molecule has 0 unspecified atom stereocenters. The molecule has 0 spiro atoms. The molecule has 116 valence electrons. The van der Waals surface area contributed by atoms with Gasteiger partial charge in [-0.1, -0.05) is 23.8 Å². The molecule has 6 heteroatoms. The van der Waals surface area contributed by atoms with E-state index in [0.29, 0.717) is 16.4 Å². The van der Waals surface area contributed by atoms with Crippen LogP contribution in [0, 0.1) is 13.8 Å². The zero-order chi connectivity index (χ0) is 15.7. The number of hydrogen-bond acceptors (Lipinski definition) is 4. The summed E-state index contributed by atoms with van der Waals surface area (Å²) in [5.41, 5.74) is 2.59. The van der Waals surface area contributed by atoms with E-state index in [0.717, 1.165) is 16.7 Å². The number of fused-ring (bicyclic) bond motifs is 1. The van der Waals surface area contributed by atoms with Crippen molar-refractivity contribution in [3.8, 4) is 11.5 Å². The van der Waals surface area contributed by atoms with Crippen molar-refractivity contribution in [3.05, 3.63) is 53.1 Å². The summed E-state index contributed by atoms with van der Waals surface area (Å²) in [6.45, 7) is 4.13. The molecule has 0 aromatic heterocycles. The van der Waals surface area contributed by atoms with Crippen LogP contribution in [0.25, 0.3) is 0 Å². The summed E-state index contributed by atoms with van der Waals surface area (Å²) in [5.74, 6) is 1.32. The number of hydrogen-bond donors (Lipinski definition) is 1. The predicted octanol–water partition coefficient (Wildman–Crippen LogP) is 2.51. The highest BCUT2D eigenvalue weighted by molar-refractivity contribution is 7.89. The Morgan fingerprint density at radius 2 is 1.82 bits per heavy atom. The van der Waals surface area contributed by atoms with Crippen molar-refractivity contribution < 1.29 is 17.9 Å². The highest BCUT2D eigenvalue weighted by Gasteiger charge is 2.18. The standard InChI is InChI=1S/C16H17NO4S/c1-11-3-6-16(12(2)7-11)22(18,19)17-9-13-4-5-14-15(8-13)21-10-20-14/h3-8,17H,9-10H2,1-2H3. The molecule has 0 radical (unpaired) electrons. The highest BCUT2D eigenvalue weighted by atomic mass is 32.2. The molecule has 0 atom stereocenters. The number of ether oxygens (including phenoxy) is 2. The maximum atomic E-state index is 12.4. The van der Waals surface area contributed by atoms with Crippen molar-refractivity contribution in [3.63, 3.8) is 0 Å². The Kier molecular flexibility index (Phi) is 3.80. The van der Waals surface area contributed by atoms with E-state index >= 15 is 0 Å². The normalized spacial score (nSPS) is 13.4. The van der Waals surface area contributed by atoms with Crippen LogP contribution in [0.2, 0.25) is 0 Å². The molecule has 22 heavy (non-hydrogen) atoms. The van der Waals surface area contributed by atoms with Gasteiger partial charge in [0.15, 0.2) is 11.5 Å². The molecule has 1 N–H and O–H groups in total. The fourth-order valence-electron chi connectivity index (χ4n) is 2.41. The monoisotopic (exact) mass is 319 g/mol. The third-order valence-electron chi connectivity index (χ3n) is 3.52. The van der Waals surface area contributed by atoms with Gasteiger partial charge in [-0.15, -0.1) is 0 Å². The summed E-state index contributed by atoms with van der Waals surface area (Å²) in [7, 11) is -3.54. The number of rotatable bonds is 4. The molecule has 0 saturated heterocycles. The van der Waals surface area contributed by atoms with E-state index < -0.39 is 10.0 Å². The molecule has 0 amide bonds. The second kappa shape index (κ2) is 5.62. The second-order valence-corrected chi connectivity index (χ2v) is 7.02. The molecule has 5 nitrogen and oxygen atoms in total. The Labute approximate surface area is 129 Å². The average Bonchev–Trinajstić information content (AvgIpc) is 2.92. The SMILES string of the molecule is Cc1ccc(S(=O)(=O)NCc2ccc3c(c2)OCO3)c(C)c1. The minimum Gasteiger partial charge on any atom is -0.454 e. The molecule has 1 heterocycles. The molecule has 1 aliphatic rings. The van der Waals surface area contributed by atoms with Crippen LogP contribution in [0.4, 0.5) is 0 Å². The Bertz CT molecular complexity index is 815. The summed E-state index contributed by atoms with van der Waals surface area (Å²) in [4.78, 5) is 0.304. The van der Waals surface area contributed by atoms with Crippen LogP contribution >= 0.6 is 0 Å². The topological polar surface area (TPSA) is 64.6 Å². The van der Waals surface area contributed by atoms with Gasteiger partial charge in [0, 0.05) is 6.54 Å². The van der Waals surface area contributed by atoms with Crippen LogP contribution < -0.4 is 14.2 Å². The van der Waals surface area contributed by atoms with Crippen LogP contribution in [-0.2, 0) is 16.6 Å². The smallest absolute Gasteiger partial charge is 0.241 e. The lowest BCUT2D eigenvalue weighted by Crippen LogP contribution is -2.24. The van der Waals surface area contributed by atoms with E-state index in [-0.39, 0.29) is 13.3 Å². The van der Waals surface area contributed by atoms with Crippen molar-refractivity contribution >= 4 is 10.0 Å². The van der Waals surface area contributed by atoms with E-state index in [4.69, 9.17) is 9.47 Å². The molecule has 3 rings (SSSR count). The molecule has 0 saturated carbocycles. The van der Waals surface area contributed by atoms with E-state index in [1.807, 2.05) is 19.1 Å². The molecule has 2 aromatic carbocycles. The van der Waals surface area contributed by atoms with Gasteiger partial charge in [0.05, 0.1) is 4.90 Å². The first-order chi connectivity index (χ1) is 10.5.